The summed E-state index contributed by atoms with van der Waals surface area (Å²) in [5, 5.41) is 1.10. The summed E-state index contributed by atoms with van der Waals surface area (Å²) in [7, 11) is 2.13. The van der Waals surface area contributed by atoms with E-state index in [1.807, 2.05) is 0 Å². The van der Waals surface area contributed by atoms with Crippen molar-refractivity contribution in [3.63, 3.8) is 0 Å². The standard InChI is InChI=1S/C18H20O6S/c1-21-14-8-9-15(22-2)17(12-14)25(19,20)11-10-13-6-5-7-16(23-3)18(13)24-4/h5-12H,1-4H3/b11-10+. The van der Waals surface area contributed by atoms with E-state index in [-0.39, 0.29) is 10.6 Å². The van der Waals surface area contributed by atoms with Crippen LogP contribution in [0.5, 0.6) is 23.0 Å². The van der Waals surface area contributed by atoms with Gasteiger partial charge in [-0.2, -0.15) is 0 Å². The maximum atomic E-state index is 12.7. The van der Waals surface area contributed by atoms with Crippen LogP contribution in [0.3, 0.4) is 0 Å². The van der Waals surface area contributed by atoms with Gasteiger partial charge in [-0.05, 0) is 24.3 Å². The molecule has 0 radical (unpaired) electrons. The van der Waals surface area contributed by atoms with Crippen LogP contribution in [-0.4, -0.2) is 36.9 Å². The predicted octanol–water partition coefficient (Wildman–Crippen LogP) is 3.17. The van der Waals surface area contributed by atoms with Gasteiger partial charge in [0.15, 0.2) is 11.5 Å². The normalized spacial score (nSPS) is 11.4. The van der Waals surface area contributed by atoms with E-state index in [0.717, 1.165) is 5.41 Å². The third kappa shape index (κ3) is 4.06. The quantitative estimate of drug-likeness (QED) is 0.751. The summed E-state index contributed by atoms with van der Waals surface area (Å²) in [6.07, 6.45) is 1.45. The maximum absolute atomic E-state index is 12.7. The second kappa shape index (κ2) is 7.94. The van der Waals surface area contributed by atoms with Crippen LogP contribution in [0.4, 0.5) is 0 Å². The topological polar surface area (TPSA) is 71.1 Å². The molecule has 6 nitrogen and oxygen atoms in total. The Morgan fingerprint density at radius 2 is 1.56 bits per heavy atom. The smallest absolute Gasteiger partial charge is 0.203 e. The first-order chi connectivity index (χ1) is 12.0. The monoisotopic (exact) mass is 364 g/mol. The molecule has 0 aromatic heterocycles. The van der Waals surface area contributed by atoms with Gasteiger partial charge < -0.3 is 18.9 Å². The molecule has 2 aromatic rings. The van der Waals surface area contributed by atoms with Gasteiger partial charge in [-0.1, -0.05) is 12.1 Å². The largest absolute Gasteiger partial charge is 0.497 e. The Kier molecular flexibility index (Phi) is 5.93. The molecule has 0 unspecified atom stereocenters. The lowest BCUT2D eigenvalue weighted by molar-refractivity contribution is 0.354. The first-order valence-electron chi connectivity index (χ1n) is 7.33. The van der Waals surface area contributed by atoms with Crippen molar-refractivity contribution in [1.29, 1.82) is 0 Å². The first kappa shape index (κ1) is 18.7. The summed E-state index contributed by atoms with van der Waals surface area (Å²) < 4.78 is 46.2. The minimum absolute atomic E-state index is 0.0208. The van der Waals surface area contributed by atoms with E-state index >= 15 is 0 Å². The molecule has 7 heteroatoms. The van der Waals surface area contributed by atoms with E-state index in [0.29, 0.717) is 22.8 Å². The molecule has 0 aliphatic heterocycles. The molecule has 0 N–H and O–H groups in total. The number of benzene rings is 2. The van der Waals surface area contributed by atoms with Crippen LogP contribution in [0.15, 0.2) is 46.7 Å². The summed E-state index contributed by atoms with van der Waals surface area (Å²) in [4.78, 5) is 0.0208. The van der Waals surface area contributed by atoms with Crippen molar-refractivity contribution in [2.24, 2.45) is 0 Å². The number of para-hydroxylation sites is 1. The van der Waals surface area contributed by atoms with E-state index < -0.39 is 9.84 Å². The Hall–Kier alpha value is -2.67. The second-order valence-corrected chi connectivity index (χ2v) is 6.75. The number of ether oxygens (including phenoxy) is 4. The highest BCUT2D eigenvalue weighted by molar-refractivity contribution is 7.94. The highest BCUT2D eigenvalue weighted by Crippen LogP contribution is 2.33. The average Bonchev–Trinajstić information content (AvgIpc) is 2.65. The zero-order valence-corrected chi connectivity index (χ0v) is 15.3. The Bertz CT molecular complexity index is 871. The lowest BCUT2D eigenvalue weighted by Crippen LogP contribution is -2.01. The Labute approximate surface area is 147 Å². The van der Waals surface area contributed by atoms with Crippen molar-refractivity contribution in [2.45, 2.75) is 4.90 Å². The molecular weight excluding hydrogens is 344 g/mol. The Morgan fingerprint density at radius 1 is 0.840 bits per heavy atom. The third-order valence-corrected chi connectivity index (χ3v) is 4.96. The zero-order chi connectivity index (χ0) is 18.4. The molecule has 0 fully saturated rings. The molecule has 0 heterocycles. The number of hydrogen-bond donors (Lipinski definition) is 0. The summed E-state index contributed by atoms with van der Waals surface area (Å²) >= 11 is 0. The van der Waals surface area contributed by atoms with Gasteiger partial charge in [0.1, 0.15) is 16.4 Å². The van der Waals surface area contributed by atoms with Crippen molar-refractivity contribution in [3.05, 3.63) is 47.4 Å². The second-order valence-electron chi connectivity index (χ2n) is 4.95. The van der Waals surface area contributed by atoms with Crippen LogP contribution in [0.2, 0.25) is 0 Å². The fourth-order valence-electron chi connectivity index (χ4n) is 2.29. The molecule has 0 spiro atoms. The number of sulfone groups is 1. The molecule has 2 aromatic carbocycles. The minimum atomic E-state index is -3.76. The van der Waals surface area contributed by atoms with Crippen molar-refractivity contribution in [2.75, 3.05) is 28.4 Å². The lowest BCUT2D eigenvalue weighted by Gasteiger charge is -2.11. The van der Waals surface area contributed by atoms with E-state index in [2.05, 4.69) is 0 Å². The van der Waals surface area contributed by atoms with Crippen LogP contribution >= 0.6 is 0 Å². The summed E-state index contributed by atoms with van der Waals surface area (Å²) in [6.45, 7) is 0. The molecule has 2 rings (SSSR count). The maximum Gasteiger partial charge on any atom is 0.203 e. The fraction of sp³-hybridized carbons (Fsp3) is 0.222. The fourth-order valence-corrected chi connectivity index (χ4v) is 3.47. The number of methoxy groups -OCH3 is 4. The van der Waals surface area contributed by atoms with Gasteiger partial charge in [0.05, 0.1) is 28.4 Å². The predicted molar refractivity (Wildman–Crippen MR) is 95.3 cm³/mol. The van der Waals surface area contributed by atoms with E-state index in [1.54, 1.807) is 30.3 Å². The molecule has 0 atom stereocenters. The molecule has 25 heavy (non-hydrogen) atoms. The first-order valence-corrected chi connectivity index (χ1v) is 8.87. The molecule has 0 bridgehead atoms. The van der Waals surface area contributed by atoms with Crippen LogP contribution in [0, 0.1) is 0 Å². The number of hydrogen-bond acceptors (Lipinski definition) is 6. The van der Waals surface area contributed by atoms with Crippen molar-refractivity contribution in [1.82, 2.24) is 0 Å². The summed E-state index contributed by atoms with van der Waals surface area (Å²) in [5.74, 6) is 1.63. The van der Waals surface area contributed by atoms with Gasteiger partial charge >= 0.3 is 0 Å². The average molecular weight is 364 g/mol. The van der Waals surface area contributed by atoms with Gasteiger partial charge in [0.2, 0.25) is 9.84 Å². The highest BCUT2D eigenvalue weighted by Gasteiger charge is 2.18. The molecule has 0 amide bonds. The Morgan fingerprint density at radius 3 is 2.16 bits per heavy atom. The van der Waals surface area contributed by atoms with Crippen LogP contribution in [0.1, 0.15) is 5.56 Å². The van der Waals surface area contributed by atoms with Crippen LogP contribution in [0.25, 0.3) is 6.08 Å². The van der Waals surface area contributed by atoms with Crippen molar-refractivity contribution < 1.29 is 27.4 Å². The van der Waals surface area contributed by atoms with Crippen molar-refractivity contribution in [3.8, 4) is 23.0 Å². The minimum Gasteiger partial charge on any atom is -0.497 e. The third-order valence-electron chi connectivity index (χ3n) is 3.54. The van der Waals surface area contributed by atoms with E-state index in [1.165, 1.54) is 40.6 Å². The van der Waals surface area contributed by atoms with Gasteiger partial charge in [-0.3, -0.25) is 0 Å². The molecule has 0 aliphatic carbocycles. The summed E-state index contributed by atoms with van der Waals surface area (Å²) in [5.41, 5.74) is 0.576. The molecular formula is C18H20O6S. The lowest BCUT2D eigenvalue weighted by atomic mass is 10.2. The van der Waals surface area contributed by atoms with Crippen molar-refractivity contribution >= 4 is 15.9 Å². The van der Waals surface area contributed by atoms with Gasteiger partial charge in [-0.15, -0.1) is 0 Å². The SMILES string of the molecule is COc1ccc(OC)c(S(=O)(=O)/C=C/c2cccc(OC)c2OC)c1. The van der Waals surface area contributed by atoms with Crippen LogP contribution in [-0.2, 0) is 9.84 Å². The molecule has 134 valence electrons. The van der Waals surface area contributed by atoms with Crippen LogP contribution < -0.4 is 18.9 Å². The van der Waals surface area contributed by atoms with E-state index in [9.17, 15) is 8.42 Å². The van der Waals surface area contributed by atoms with E-state index in [4.69, 9.17) is 18.9 Å². The summed E-state index contributed by atoms with van der Waals surface area (Å²) in [6, 6.07) is 9.81. The molecule has 0 saturated heterocycles. The molecule has 0 aliphatic rings. The number of rotatable bonds is 7. The van der Waals surface area contributed by atoms with Gasteiger partial charge in [0, 0.05) is 17.0 Å². The molecule has 0 saturated carbocycles. The van der Waals surface area contributed by atoms with Gasteiger partial charge in [-0.25, -0.2) is 8.42 Å². The zero-order valence-electron chi connectivity index (χ0n) is 14.5. The Balaban J connectivity index is 2.48. The van der Waals surface area contributed by atoms with Gasteiger partial charge in [0.25, 0.3) is 0 Å². The highest BCUT2D eigenvalue weighted by atomic mass is 32.2.